The molecule has 1 saturated heterocycles. The summed E-state index contributed by atoms with van der Waals surface area (Å²) in [4.78, 5) is 12.0. The van der Waals surface area contributed by atoms with Gasteiger partial charge < -0.3 is 9.64 Å². The van der Waals surface area contributed by atoms with Crippen LogP contribution < -0.4 is 4.90 Å². The number of nitro groups is 1. The van der Waals surface area contributed by atoms with Crippen LogP contribution in [0.2, 0.25) is 0 Å². The lowest BCUT2D eigenvalue weighted by molar-refractivity contribution is -0.387. The first kappa shape index (κ1) is 15.7. The van der Waals surface area contributed by atoms with Gasteiger partial charge in [-0.05, 0) is 12.1 Å². The summed E-state index contributed by atoms with van der Waals surface area (Å²) in [5.74, 6) is 0. The highest BCUT2D eigenvalue weighted by molar-refractivity contribution is 7.89. The minimum absolute atomic E-state index is 0.290. The Balaban J connectivity index is 2.51. The molecule has 0 aliphatic carbocycles. The molecular weight excluding hydrogens is 298 g/mol. The maximum atomic E-state index is 12.3. The van der Waals surface area contributed by atoms with Crippen LogP contribution in [0.15, 0.2) is 23.1 Å². The quantitative estimate of drug-likeness (QED) is 0.599. The Hall–Kier alpha value is -1.71. The molecular formula is C12H17N3O5S. The van der Waals surface area contributed by atoms with E-state index in [2.05, 4.69) is 0 Å². The van der Waals surface area contributed by atoms with Crippen molar-refractivity contribution in [2.45, 2.75) is 4.90 Å². The van der Waals surface area contributed by atoms with E-state index < -0.39 is 20.6 Å². The molecule has 1 aromatic rings. The molecule has 1 aliphatic rings. The Morgan fingerprint density at radius 2 is 1.90 bits per heavy atom. The highest BCUT2D eigenvalue weighted by Gasteiger charge is 2.29. The molecule has 0 spiro atoms. The van der Waals surface area contributed by atoms with Crippen molar-refractivity contribution in [2.24, 2.45) is 0 Å². The molecule has 0 amide bonds. The third-order valence-corrected chi connectivity index (χ3v) is 5.12. The molecule has 0 unspecified atom stereocenters. The monoisotopic (exact) mass is 315 g/mol. The summed E-state index contributed by atoms with van der Waals surface area (Å²) in [7, 11) is -1.18. The molecule has 0 bridgehead atoms. The van der Waals surface area contributed by atoms with E-state index in [-0.39, 0.29) is 4.90 Å². The normalized spacial score (nSPS) is 16.2. The van der Waals surface area contributed by atoms with E-state index in [0.717, 1.165) is 4.31 Å². The van der Waals surface area contributed by atoms with Gasteiger partial charge in [0.25, 0.3) is 5.69 Å². The number of nitrogens with zero attached hydrogens (tertiary/aromatic N) is 3. The molecule has 0 saturated carbocycles. The highest BCUT2D eigenvalue weighted by Crippen LogP contribution is 2.30. The Morgan fingerprint density at radius 1 is 1.29 bits per heavy atom. The first-order valence-corrected chi connectivity index (χ1v) is 7.81. The first-order valence-electron chi connectivity index (χ1n) is 6.37. The van der Waals surface area contributed by atoms with E-state index in [1.165, 1.54) is 26.2 Å². The number of anilines is 1. The van der Waals surface area contributed by atoms with Crippen LogP contribution >= 0.6 is 0 Å². The molecule has 0 radical (unpaired) electrons. The average molecular weight is 315 g/mol. The Kier molecular flexibility index (Phi) is 4.45. The second-order valence-electron chi connectivity index (χ2n) is 4.80. The molecule has 1 fully saturated rings. The van der Waals surface area contributed by atoms with Crippen molar-refractivity contribution < 1.29 is 18.1 Å². The van der Waals surface area contributed by atoms with Crippen LogP contribution in [0.3, 0.4) is 0 Å². The van der Waals surface area contributed by atoms with Gasteiger partial charge in [-0.1, -0.05) is 0 Å². The predicted molar refractivity (Wildman–Crippen MR) is 77.0 cm³/mol. The number of morpholine rings is 1. The second-order valence-corrected chi connectivity index (χ2v) is 6.92. The summed E-state index contributed by atoms with van der Waals surface area (Å²) in [6.07, 6.45) is 0. The lowest BCUT2D eigenvalue weighted by Gasteiger charge is -2.29. The summed E-state index contributed by atoms with van der Waals surface area (Å²) in [5, 5.41) is 11.1. The van der Waals surface area contributed by atoms with Crippen molar-refractivity contribution in [3.63, 3.8) is 0 Å². The number of benzene rings is 1. The van der Waals surface area contributed by atoms with Crippen molar-refractivity contribution in [1.82, 2.24) is 4.31 Å². The van der Waals surface area contributed by atoms with Gasteiger partial charge in [-0.25, -0.2) is 12.7 Å². The minimum atomic E-state index is -3.88. The fraction of sp³-hybridized carbons (Fsp3) is 0.500. The van der Waals surface area contributed by atoms with Crippen LogP contribution in [0.25, 0.3) is 0 Å². The molecule has 1 aromatic carbocycles. The van der Waals surface area contributed by atoms with Crippen molar-refractivity contribution in [3.8, 4) is 0 Å². The van der Waals surface area contributed by atoms with Gasteiger partial charge in [-0.2, -0.15) is 0 Å². The first-order chi connectivity index (χ1) is 9.84. The van der Waals surface area contributed by atoms with E-state index in [4.69, 9.17) is 4.74 Å². The second kappa shape index (κ2) is 5.96. The van der Waals surface area contributed by atoms with E-state index in [9.17, 15) is 18.5 Å². The third-order valence-electron chi connectivity index (χ3n) is 3.27. The molecule has 8 nitrogen and oxygen atoms in total. The predicted octanol–water partition coefficient (Wildman–Crippen LogP) is 0.682. The van der Waals surface area contributed by atoms with Crippen LogP contribution in [0, 0.1) is 10.1 Å². The largest absolute Gasteiger partial charge is 0.378 e. The van der Waals surface area contributed by atoms with Gasteiger partial charge in [-0.3, -0.25) is 10.1 Å². The van der Waals surface area contributed by atoms with Crippen LogP contribution in [-0.4, -0.2) is 58.0 Å². The molecule has 1 aliphatic heterocycles. The number of sulfonamides is 1. The van der Waals surface area contributed by atoms with E-state index in [0.29, 0.717) is 32.0 Å². The summed E-state index contributed by atoms with van der Waals surface area (Å²) in [6, 6.07) is 4.16. The third kappa shape index (κ3) is 3.14. The smallest absolute Gasteiger partial charge is 0.289 e. The molecule has 9 heteroatoms. The van der Waals surface area contributed by atoms with Crippen molar-refractivity contribution >= 4 is 21.4 Å². The van der Waals surface area contributed by atoms with Crippen LogP contribution in [0.1, 0.15) is 0 Å². The number of ether oxygens (including phenoxy) is 1. The molecule has 116 valence electrons. The number of nitro benzene ring substituents is 1. The maximum absolute atomic E-state index is 12.3. The maximum Gasteiger partial charge on any atom is 0.289 e. The van der Waals surface area contributed by atoms with Gasteiger partial charge in [-0.15, -0.1) is 0 Å². The zero-order valence-corrected chi connectivity index (χ0v) is 12.7. The van der Waals surface area contributed by atoms with Crippen molar-refractivity contribution in [1.29, 1.82) is 0 Å². The number of rotatable bonds is 4. The van der Waals surface area contributed by atoms with E-state index in [1.54, 1.807) is 6.07 Å². The Bertz CT molecular complexity index is 638. The van der Waals surface area contributed by atoms with Gasteiger partial charge >= 0.3 is 0 Å². The van der Waals surface area contributed by atoms with E-state index >= 15 is 0 Å². The van der Waals surface area contributed by atoms with Gasteiger partial charge in [0.05, 0.1) is 18.1 Å². The standard InChI is InChI=1S/C12H17N3O5S/c1-13(2)21(18,19)12-9-10(3-4-11(12)15(16)17)14-5-7-20-8-6-14/h3-4,9H,5-8H2,1-2H3. The SMILES string of the molecule is CN(C)S(=O)(=O)c1cc(N2CCOCC2)ccc1[N+](=O)[O-]. The van der Waals surface area contributed by atoms with Crippen LogP contribution in [0.4, 0.5) is 11.4 Å². The molecule has 0 atom stereocenters. The zero-order valence-electron chi connectivity index (χ0n) is 11.9. The Labute approximate surface area is 123 Å². The number of hydrogen-bond acceptors (Lipinski definition) is 6. The van der Waals surface area contributed by atoms with Gasteiger partial charge in [0.2, 0.25) is 10.0 Å². The van der Waals surface area contributed by atoms with E-state index in [1.807, 2.05) is 4.90 Å². The molecule has 0 aromatic heterocycles. The lowest BCUT2D eigenvalue weighted by atomic mass is 10.2. The zero-order chi connectivity index (χ0) is 15.6. The summed E-state index contributed by atoms with van der Waals surface area (Å²) < 4.78 is 30.8. The fourth-order valence-electron chi connectivity index (χ4n) is 2.08. The highest BCUT2D eigenvalue weighted by atomic mass is 32.2. The number of hydrogen-bond donors (Lipinski definition) is 0. The molecule has 2 rings (SSSR count). The average Bonchev–Trinajstić information content (AvgIpc) is 2.47. The lowest BCUT2D eigenvalue weighted by Crippen LogP contribution is -2.36. The fourth-order valence-corrected chi connectivity index (χ4v) is 3.15. The van der Waals surface area contributed by atoms with Crippen LogP contribution in [-0.2, 0) is 14.8 Å². The summed E-state index contributed by atoms with van der Waals surface area (Å²) in [6.45, 7) is 2.35. The van der Waals surface area contributed by atoms with Crippen molar-refractivity contribution in [2.75, 3.05) is 45.3 Å². The molecule has 0 N–H and O–H groups in total. The van der Waals surface area contributed by atoms with Gasteiger partial charge in [0.15, 0.2) is 4.90 Å². The molecule has 1 heterocycles. The minimum Gasteiger partial charge on any atom is -0.378 e. The van der Waals surface area contributed by atoms with Gasteiger partial charge in [0.1, 0.15) is 0 Å². The topological polar surface area (TPSA) is 93.0 Å². The summed E-state index contributed by atoms with van der Waals surface area (Å²) >= 11 is 0. The van der Waals surface area contributed by atoms with Crippen LogP contribution in [0.5, 0.6) is 0 Å². The van der Waals surface area contributed by atoms with Gasteiger partial charge in [0, 0.05) is 38.9 Å². The van der Waals surface area contributed by atoms with Crippen molar-refractivity contribution in [3.05, 3.63) is 28.3 Å². The molecule has 21 heavy (non-hydrogen) atoms. The summed E-state index contributed by atoms with van der Waals surface area (Å²) in [5.41, 5.74) is 0.227. The Morgan fingerprint density at radius 3 is 2.43 bits per heavy atom.